The molecule has 0 aliphatic carbocycles. The number of para-hydroxylation sites is 1. The minimum absolute atomic E-state index is 0.140. The van der Waals surface area contributed by atoms with Crippen LogP contribution in [0.25, 0.3) is 0 Å². The Morgan fingerprint density at radius 2 is 1.63 bits per heavy atom. The first-order valence-corrected chi connectivity index (χ1v) is 13.1. The number of thiazole rings is 1. The van der Waals surface area contributed by atoms with Crippen LogP contribution in [0.3, 0.4) is 0 Å². The standard InChI is InChI=1S/C30H30FN3O3S/c1-30(2,3)26-19-38-29(33-26)34(25-12-8-7-11-23(25)31)18-21-13-15-22(16-14-21)27(35)32-24(28(36)37)17-20-9-5-4-6-10-20/h4-16,19,24H,17-18H2,1-3H3,(H,32,35)(H,36,37). The predicted octanol–water partition coefficient (Wildman–Crippen LogP) is 6.34. The van der Waals surface area contributed by atoms with E-state index in [2.05, 4.69) is 26.1 Å². The van der Waals surface area contributed by atoms with E-state index in [1.54, 1.807) is 42.5 Å². The van der Waals surface area contributed by atoms with Gasteiger partial charge in [0.05, 0.1) is 17.9 Å². The molecule has 0 aliphatic rings. The van der Waals surface area contributed by atoms with E-state index >= 15 is 0 Å². The monoisotopic (exact) mass is 531 g/mol. The van der Waals surface area contributed by atoms with Crippen molar-refractivity contribution < 1.29 is 19.1 Å². The first-order chi connectivity index (χ1) is 18.1. The van der Waals surface area contributed by atoms with Gasteiger partial charge in [0.15, 0.2) is 5.13 Å². The molecule has 3 aromatic carbocycles. The number of halogens is 1. The Morgan fingerprint density at radius 3 is 2.24 bits per heavy atom. The van der Waals surface area contributed by atoms with E-state index in [-0.39, 0.29) is 17.7 Å². The van der Waals surface area contributed by atoms with Gasteiger partial charge in [-0.15, -0.1) is 11.3 Å². The Balaban J connectivity index is 1.52. The summed E-state index contributed by atoms with van der Waals surface area (Å²) in [4.78, 5) is 31.2. The number of aromatic nitrogens is 1. The maximum absolute atomic E-state index is 14.8. The topological polar surface area (TPSA) is 82.5 Å². The molecule has 1 aromatic heterocycles. The highest BCUT2D eigenvalue weighted by Crippen LogP contribution is 2.35. The molecule has 4 rings (SSSR count). The first kappa shape index (κ1) is 27.0. The number of nitrogens with zero attached hydrogens (tertiary/aromatic N) is 2. The van der Waals surface area contributed by atoms with Crippen LogP contribution in [0.1, 0.15) is 48.0 Å². The number of hydrogen-bond acceptors (Lipinski definition) is 5. The van der Waals surface area contributed by atoms with Gasteiger partial charge in [-0.25, -0.2) is 14.2 Å². The summed E-state index contributed by atoms with van der Waals surface area (Å²) in [6, 6.07) is 21.5. The average molecular weight is 532 g/mol. The highest BCUT2D eigenvalue weighted by molar-refractivity contribution is 7.13. The summed E-state index contributed by atoms with van der Waals surface area (Å²) < 4.78 is 14.8. The fraction of sp³-hybridized carbons (Fsp3) is 0.233. The molecule has 4 aromatic rings. The fourth-order valence-corrected chi connectivity index (χ4v) is 4.96. The van der Waals surface area contributed by atoms with Crippen molar-refractivity contribution in [1.29, 1.82) is 0 Å². The molecular weight excluding hydrogens is 501 g/mol. The number of carbonyl (C=O) groups is 2. The second kappa shape index (κ2) is 11.6. The molecule has 1 amide bonds. The molecule has 0 saturated carbocycles. The molecule has 1 heterocycles. The molecule has 6 nitrogen and oxygen atoms in total. The van der Waals surface area contributed by atoms with Crippen molar-refractivity contribution in [1.82, 2.24) is 10.3 Å². The number of carboxylic acids is 1. The van der Waals surface area contributed by atoms with Gasteiger partial charge >= 0.3 is 5.97 Å². The normalized spacial score (nSPS) is 12.1. The molecule has 0 fully saturated rings. The van der Waals surface area contributed by atoms with E-state index in [4.69, 9.17) is 4.98 Å². The Hall–Kier alpha value is -4.04. The van der Waals surface area contributed by atoms with Crippen LogP contribution in [-0.2, 0) is 23.2 Å². The highest BCUT2D eigenvalue weighted by atomic mass is 32.1. The molecule has 196 valence electrons. The second-order valence-corrected chi connectivity index (χ2v) is 10.9. The zero-order valence-electron chi connectivity index (χ0n) is 21.5. The quantitative estimate of drug-likeness (QED) is 0.263. The zero-order chi connectivity index (χ0) is 27.3. The van der Waals surface area contributed by atoms with Gasteiger partial charge in [-0.3, -0.25) is 4.79 Å². The lowest BCUT2D eigenvalue weighted by molar-refractivity contribution is -0.139. The van der Waals surface area contributed by atoms with Crippen LogP contribution < -0.4 is 10.2 Å². The number of carbonyl (C=O) groups excluding carboxylic acids is 1. The number of carboxylic acid groups (broad SMARTS) is 1. The zero-order valence-corrected chi connectivity index (χ0v) is 22.3. The Bertz CT molecular complexity index is 1400. The van der Waals surface area contributed by atoms with E-state index in [0.29, 0.717) is 22.9 Å². The number of anilines is 2. The molecule has 1 unspecified atom stereocenters. The number of hydrogen-bond donors (Lipinski definition) is 2. The predicted molar refractivity (Wildman–Crippen MR) is 149 cm³/mol. The Labute approximate surface area is 225 Å². The third-order valence-electron chi connectivity index (χ3n) is 6.08. The van der Waals surface area contributed by atoms with E-state index in [0.717, 1.165) is 16.8 Å². The van der Waals surface area contributed by atoms with Crippen molar-refractivity contribution in [3.8, 4) is 0 Å². The van der Waals surface area contributed by atoms with Crippen LogP contribution in [0.2, 0.25) is 0 Å². The number of aliphatic carboxylic acids is 1. The van der Waals surface area contributed by atoms with Gasteiger partial charge in [0, 0.05) is 22.8 Å². The van der Waals surface area contributed by atoms with Crippen molar-refractivity contribution in [3.05, 3.63) is 112 Å². The van der Waals surface area contributed by atoms with Crippen LogP contribution in [0.5, 0.6) is 0 Å². The first-order valence-electron chi connectivity index (χ1n) is 12.3. The van der Waals surface area contributed by atoms with Gasteiger partial charge < -0.3 is 15.3 Å². The molecule has 0 aliphatic heterocycles. The Morgan fingerprint density at radius 1 is 0.974 bits per heavy atom. The smallest absolute Gasteiger partial charge is 0.326 e. The second-order valence-electron chi connectivity index (χ2n) is 10.1. The van der Waals surface area contributed by atoms with Crippen molar-refractivity contribution in [3.63, 3.8) is 0 Å². The molecule has 0 spiro atoms. The SMILES string of the molecule is CC(C)(C)c1csc(N(Cc2ccc(C(=O)NC(Cc3ccccc3)C(=O)O)cc2)c2ccccc2F)n1. The van der Waals surface area contributed by atoms with E-state index in [1.165, 1.54) is 17.4 Å². The van der Waals surface area contributed by atoms with Crippen molar-refractivity contribution in [2.45, 2.75) is 45.2 Å². The van der Waals surface area contributed by atoms with Crippen LogP contribution in [0.15, 0.2) is 84.2 Å². The van der Waals surface area contributed by atoms with Gasteiger partial charge in [0.2, 0.25) is 0 Å². The summed E-state index contributed by atoms with van der Waals surface area (Å²) in [6.45, 7) is 6.58. The molecule has 0 radical (unpaired) electrons. The summed E-state index contributed by atoms with van der Waals surface area (Å²) in [6.07, 6.45) is 0.183. The summed E-state index contributed by atoms with van der Waals surface area (Å²) in [5.41, 5.74) is 3.20. The third kappa shape index (κ3) is 6.63. The lowest BCUT2D eigenvalue weighted by Crippen LogP contribution is -2.42. The minimum Gasteiger partial charge on any atom is -0.480 e. The van der Waals surface area contributed by atoms with Crippen LogP contribution in [-0.4, -0.2) is 28.0 Å². The summed E-state index contributed by atoms with van der Waals surface area (Å²) in [5.74, 6) is -1.92. The van der Waals surface area contributed by atoms with E-state index in [9.17, 15) is 19.1 Å². The molecule has 1 atom stereocenters. The molecule has 2 N–H and O–H groups in total. The highest BCUT2D eigenvalue weighted by Gasteiger charge is 2.23. The number of nitrogens with one attached hydrogen (secondary N) is 1. The maximum Gasteiger partial charge on any atom is 0.326 e. The van der Waals surface area contributed by atoms with Gasteiger partial charge in [0.25, 0.3) is 5.91 Å². The Kier molecular flexibility index (Phi) is 8.22. The van der Waals surface area contributed by atoms with Crippen molar-refractivity contribution in [2.24, 2.45) is 0 Å². The number of rotatable bonds is 9. The summed E-state index contributed by atoms with van der Waals surface area (Å²) in [5, 5.41) is 14.9. The number of benzene rings is 3. The molecule has 38 heavy (non-hydrogen) atoms. The average Bonchev–Trinajstić information content (AvgIpc) is 3.39. The molecule has 0 saturated heterocycles. The van der Waals surface area contributed by atoms with Gasteiger partial charge in [0.1, 0.15) is 11.9 Å². The van der Waals surface area contributed by atoms with Gasteiger partial charge in [-0.2, -0.15) is 0 Å². The third-order valence-corrected chi connectivity index (χ3v) is 6.94. The lowest BCUT2D eigenvalue weighted by Gasteiger charge is -2.23. The van der Waals surface area contributed by atoms with E-state index in [1.807, 2.05) is 40.6 Å². The van der Waals surface area contributed by atoms with E-state index < -0.39 is 17.9 Å². The minimum atomic E-state index is -1.10. The lowest BCUT2D eigenvalue weighted by atomic mass is 9.93. The van der Waals surface area contributed by atoms with Crippen LogP contribution >= 0.6 is 11.3 Å². The van der Waals surface area contributed by atoms with Gasteiger partial charge in [-0.1, -0.05) is 75.4 Å². The molecular formula is C30H30FN3O3S. The van der Waals surface area contributed by atoms with Gasteiger partial charge in [-0.05, 0) is 35.4 Å². The summed E-state index contributed by atoms with van der Waals surface area (Å²) >= 11 is 1.45. The summed E-state index contributed by atoms with van der Waals surface area (Å²) in [7, 11) is 0. The van der Waals surface area contributed by atoms with Crippen LogP contribution in [0, 0.1) is 5.82 Å². The molecule has 0 bridgehead atoms. The largest absolute Gasteiger partial charge is 0.480 e. The number of amides is 1. The molecule has 8 heteroatoms. The van der Waals surface area contributed by atoms with Crippen molar-refractivity contribution >= 4 is 34.0 Å². The fourth-order valence-electron chi connectivity index (χ4n) is 3.89. The van der Waals surface area contributed by atoms with Crippen molar-refractivity contribution in [2.75, 3.05) is 4.90 Å². The maximum atomic E-state index is 14.8. The van der Waals surface area contributed by atoms with Crippen LogP contribution in [0.4, 0.5) is 15.2 Å².